The molecule has 3 nitrogen and oxygen atoms in total. The lowest BCUT2D eigenvalue weighted by Crippen LogP contribution is -2.56. The molecule has 0 saturated heterocycles. The van der Waals surface area contributed by atoms with Crippen LogP contribution in [0.15, 0.2) is 106 Å². The van der Waals surface area contributed by atoms with Crippen LogP contribution >= 0.6 is 10.3 Å². The second-order valence-electron chi connectivity index (χ2n) is 9.54. The lowest BCUT2D eigenvalue weighted by atomic mass is 9.78. The van der Waals surface area contributed by atoms with Gasteiger partial charge in [0.05, 0.1) is 0 Å². The number of halogens is 4. The second-order valence-corrected chi connectivity index (χ2v) is 14.0. The predicted molar refractivity (Wildman–Crippen MR) is 131 cm³/mol. The summed E-state index contributed by atoms with van der Waals surface area (Å²) in [4.78, 5) is 0.889. The molecular weight excluding hydrogens is 512 g/mol. The quantitative estimate of drug-likeness (QED) is 0.273. The molecule has 2 bridgehead atoms. The molecule has 0 aliphatic heterocycles. The van der Waals surface area contributed by atoms with E-state index in [2.05, 4.69) is 0 Å². The third-order valence-electron chi connectivity index (χ3n) is 7.50. The van der Waals surface area contributed by atoms with E-state index in [0.717, 1.165) is 0 Å². The van der Waals surface area contributed by atoms with Gasteiger partial charge in [0, 0.05) is 20.1 Å². The molecule has 2 saturated carbocycles. The molecule has 0 amide bonds. The fourth-order valence-corrected chi connectivity index (χ4v) is 11.0. The van der Waals surface area contributed by atoms with Gasteiger partial charge in [0.2, 0.25) is 0 Å². The van der Waals surface area contributed by atoms with Gasteiger partial charge in [-0.15, -0.1) is 0 Å². The molecule has 2 aliphatic rings. The topological polar surface area (TPSA) is 43.4 Å². The van der Waals surface area contributed by atoms with Crippen LogP contribution in [0.4, 0.5) is 17.6 Å². The van der Waals surface area contributed by atoms with Crippen molar-refractivity contribution in [3.63, 3.8) is 0 Å². The SMILES string of the molecule is O=S(=O)(OS(c1ccccc1)(c1ccccc1)c1ccccc1)C(F)(F)C(F)(F)C12CCC(CC1)C2. The number of fused-ring (bicyclic) bond motifs is 2. The van der Waals surface area contributed by atoms with Crippen LogP contribution in [0.3, 0.4) is 0 Å². The zero-order chi connectivity index (χ0) is 25.7. The number of alkyl halides is 4. The molecule has 3 aromatic carbocycles. The summed E-state index contributed by atoms with van der Waals surface area (Å²) < 4.78 is 95.1. The molecule has 9 heteroatoms. The van der Waals surface area contributed by atoms with E-state index in [4.69, 9.17) is 3.63 Å². The third kappa shape index (κ3) is 3.70. The van der Waals surface area contributed by atoms with E-state index in [1.54, 1.807) is 91.0 Å². The summed E-state index contributed by atoms with van der Waals surface area (Å²) in [6.45, 7) is 0. The molecule has 0 aromatic heterocycles. The van der Waals surface area contributed by atoms with E-state index < -0.39 is 37.0 Å². The minimum atomic E-state index is -6.13. The first-order valence-electron chi connectivity index (χ1n) is 11.8. The maximum Gasteiger partial charge on any atom is 0.433 e. The van der Waals surface area contributed by atoms with Crippen LogP contribution < -0.4 is 0 Å². The minimum absolute atomic E-state index is 0.0713. The Bertz CT molecular complexity index is 1210. The maximum atomic E-state index is 15.7. The molecule has 36 heavy (non-hydrogen) atoms. The van der Waals surface area contributed by atoms with Crippen molar-refractivity contribution in [1.82, 2.24) is 0 Å². The second kappa shape index (κ2) is 8.89. The molecule has 2 aliphatic carbocycles. The average molecular weight is 539 g/mol. The molecule has 0 radical (unpaired) electrons. The highest BCUT2D eigenvalue weighted by atomic mass is 32.3. The summed E-state index contributed by atoms with van der Waals surface area (Å²) in [7, 11) is -9.51. The molecule has 192 valence electrons. The minimum Gasteiger partial charge on any atom is -0.202 e. The monoisotopic (exact) mass is 538 g/mol. The fraction of sp³-hybridized carbons (Fsp3) is 0.333. The van der Waals surface area contributed by atoms with Crippen molar-refractivity contribution < 1.29 is 29.6 Å². The van der Waals surface area contributed by atoms with Crippen molar-refractivity contribution in [1.29, 1.82) is 0 Å². The van der Waals surface area contributed by atoms with Crippen LogP contribution in [0.5, 0.6) is 0 Å². The van der Waals surface area contributed by atoms with Crippen LogP contribution in [-0.2, 0) is 13.7 Å². The van der Waals surface area contributed by atoms with E-state index in [-0.39, 0.29) is 25.2 Å². The molecule has 3 aromatic rings. The number of hydrogen-bond donors (Lipinski definition) is 0. The highest BCUT2D eigenvalue weighted by Gasteiger charge is 2.77. The summed E-state index contributed by atoms with van der Waals surface area (Å²) >= 11 is 0. The highest BCUT2D eigenvalue weighted by molar-refractivity contribution is 8.33. The molecule has 0 N–H and O–H groups in total. The number of rotatable bonds is 8. The van der Waals surface area contributed by atoms with Gasteiger partial charge >= 0.3 is 21.3 Å². The zero-order valence-electron chi connectivity index (χ0n) is 19.3. The average Bonchev–Trinajstić information content (AvgIpc) is 3.52. The van der Waals surface area contributed by atoms with Gasteiger partial charge in [-0.05, 0) is 84.7 Å². The Kier molecular flexibility index (Phi) is 6.24. The van der Waals surface area contributed by atoms with Crippen molar-refractivity contribution in [3.05, 3.63) is 91.0 Å². The maximum absolute atomic E-state index is 15.7. The Morgan fingerprint density at radius 1 is 0.694 bits per heavy atom. The third-order valence-corrected chi connectivity index (χ3v) is 12.7. The number of hydrogen-bond acceptors (Lipinski definition) is 3. The van der Waals surface area contributed by atoms with Crippen LogP contribution in [0, 0.1) is 11.3 Å². The largest absolute Gasteiger partial charge is 0.433 e. The van der Waals surface area contributed by atoms with E-state index >= 15 is 17.6 Å². The summed E-state index contributed by atoms with van der Waals surface area (Å²) in [5, 5.41) is -5.42. The predicted octanol–water partition coefficient (Wildman–Crippen LogP) is 8.04. The van der Waals surface area contributed by atoms with Crippen LogP contribution in [-0.4, -0.2) is 19.6 Å². The highest BCUT2D eigenvalue weighted by Crippen LogP contribution is 2.72. The molecule has 2 fully saturated rings. The molecule has 0 unspecified atom stereocenters. The Morgan fingerprint density at radius 2 is 1.08 bits per heavy atom. The van der Waals surface area contributed by atoms with Gasteiger partial charge in [-0.25, -0.2) is 3.63 Å². The van der Waals surface area contributed by atoms with Crippen molar-refractivity contribution in [2.75, 3.05) is 0 Å². The molecule has 0 spiro atoms. The Morgan fingerprint density at radius 3 is 1.42 bits per heavy atom. The smallest absolute Gasteiger partial charge is 0.202 e. The van der Waals surface area contributed by atoms with Crippen LogP contribution in [0.2, 0.25) is 0 Å². The first-order chi connectivity index (χ1) is 17.1. The summed E-state index contributed by atoms with van der Waals surface area (Å²) in [6, 6.07) is 24.2. The molecule has 0 atom stereocenters. The summed E-state index contributed by atoms with van der Waals surface area (Å²) in [5.41, 5.74) is -2.04. The van der Waals surface area contributed by atoms with Gasteiger partial charge in [0.1, 0.15) is 0 Å². The lowest BCUT2D eigenvalue weighted by molar-refractivity contribution is -0.228. The molecular formula is C27H26F4O3S2. The van der Waals surface area contributed by atoms with E-state index in [1.165, 1.54) is 0 Å². The van der Waals surface area contributed by atoms with Crippen molar-refractivity contribution in [3.8, 4) is 0 Å². The van der Waals surface area contributed by atoms with E-state index in [0.29, 0.717) is 27.5 Å². The Balaban J connectivity index is 1.69. The van der Waals surface area contributed by atoms with Gasteiger partial charge in [0.25, 0.3) is 0 Å². The van der Waals surface area contributed by atoms with Gasteiger partial charge < -0.3 is 0 Å². The van der Waals surface area contributed by atoms with E-state index in [9.17, 15) is 8.42 Å². The van der Waals surface area contributed by atoms with E-state index in [1.807, 2.05) is 0 Å². The van der Waals surface area contributed by atoms with Gasteiger partial charge in [-0.1, -0.05) is 54.6 Å². The van der Waals surface area contributed by atoms with Gasteiger partial charge in [-0.3, -0.25) is 0 Å². The van der Waals surface area contributed by atoms with Crippen molar-refractivity contribution in [2.45, 2.75) is 58.0 Å². The normalized spacial score (nSPS) is 23.1. The van der Waals surface area contributed by atoms with Crippen molar-refractivity contribution >= 4 is 20.4 Å². The summed E-state index contributed by atoms with van der Waals surface area (Å²) in [5.74, 6) is -4.85. The Hall–Kier alpha value is -2.36. The van der Waals surface area contributed by atoms with Gasteiger partial charge in [-0.2, -0.15) is 26.0 Å². The number of benzene rings is 3. The zero-order valence-corrected chi connectivity index (χ0v) is 21.0. The molecule has 0 heterocycles. The van der Waals surface area contributed by atoms with Crippen LogP contribution in [0.25, 0.3) is 0 Å². The van der Waals surface area contributed by atoms with Crippen molar-refractivity contribution in [2.24, 2.45) is 11.3 Å². The molecule has 5 rings (SSSR count). The first kappa shape index (κ1) is 25.3. The van der Waals surface area contributed by atoms with Crippen LogP contribution in [0.1, 0.15) is 32.1 Å². The summed E-state index contributed by atoms with van der Waals surface area (Å²) in [6.07, 6.45) is 0.465. The first-order valence-corrected chi connectivity index (χ1v) is 14.7. The standard InChI is InChI=1S/C27H26F4O3S2/c28-26(29,25-18-16-21(20-25)17-19-25)27(30,31)36(32,33)34-35(22-10-4-1-5-11-22,23-12-6-2-7-13-23)24-14-8-3-9-15-24/h1-15,21H,16-20H2. The van der Waals surface area contributed by atoms with Gasteiger partial charge in [0.15, 0.2) is 0 Å². The Labute approximate surface area is 210 Å². The fourth-order valence-electron chi connectivity index (χ4n) is 5.64. The lowest BCUT2D eigenvalue weighted by Gasteiger charge is -2.43.